The number of ether oxygens (including phenoxy) is 4. The van der Waals surface area contributed by atoms with Crippen molar-refractivity contribution >= 4 is 5.97 Å². The van der Waals surface area contributed by atoms with Crippen molar-refractivity contribution in [3.8, 4) is 0 Å². The molecule has 1 heterocycles. The lowest BCUT2D eigenvalue weighted by Crippen LogP contribution is -2.35. The van der Waals surface area contributed by atoms with Crippen molar-refractivity contribution in [2.45, 2.75) is 38.9 Å². The highest BCUT2D eigenvalue weighted by molar-refractivity contribution is 5.81. The number of cyclic esters (lactones) is 1. The Morgan fingerprint density at radius 3 is 2.70 bits per heavy atom. The van der Waals surface area contributed by atoms with Crippen LogP contribution >= 0.6 is 0 Å². The van der Waals surface area contributed by atoms with E-state index in [4.69, 9.17) is 18.9 Å². The number of carbonyl (C=O) groups excluding carboxylic acids is 1. The van der Waals surface area contributed by atoms with E-state index < -0.39 is 0 Å². The number of hydrogen-bond donors (Lipinski definition) is 0. The molecule has 3 atom stereocenters. The molecule has 0 aromatic heterocycles. The summed E-state index contributed by atoms with van der Waals surface area (Å²) in [6.07, 6.45) is 10.7. The van der Waals surface area contributed by atoms with Gasteiger partial charge in [0, 0.05) is 26.2 Å². The summed E-state index contributed by atoms with van der Waals surface area (Å²) in [5, 5.41) is 0. The first-order valence-corrected chi connectivity index (χ1v) is 7.89. The van der Waals surface area contributed by atoms with Gasteiger partial charge in [-0.1, -0.05) is 31.2 Å². The molecule has 0 fully saturated rings. The molecule has 0 aromatic carbocycles. The van der Waals surface area contributed by atoms with Gasteiger partial charge in [-0.2, -0.15) is 0 Å². The smallest absolute Gasteiger partial charge is 0.330 e. The number of carbonyl (C=O) groups is 1. The molecule has 0 amide bonds. The van der Waals surface area contributed by atoms with Crippen LogP contribution in [0.1, 0.15) is 26.7 Å². The molecule has 5 heteroatoms. The highest BCUT2D eigenvalue weighted by Crippen LogP contribution is 2.19. The van der Waals surface area contributed by atoms with Crippen molar-refractivity contribution in [3.63, 3.8) is 0 Å². The molecule has 0 N–H and O–H groups in total. The largest absolute Gasteiger partial charge is 0.458 e. The Kier molecular flexibility index (Phi) is 9.52. The van der Waals surface area contributed by atoms with E-state index in [-0.39, 0.29) is 37.5 Å². The van der Waals surface area contributed by atoms with Crippen LogP contribution in [0.5, 0.6) is 0 Å². The van der Waals surface area contributed by atoms with Gasteiger partial charge in [-0.25, -0.2) is 4.79 Å². The third kappa shape index (κ3) is 7.59. The fraction of sp³-hybridized carbons (Fsp3) is 0.611. The molecule has 0 bridgehead atoms. The fourth-order valence-corrected chi connectivity index (χ4v) is 2.44. The summed E-state index contributed by atoms with van der Waals surface area (Å²) >= 11 is 0. The van der Waals surface area contributed by atoms with Crippen molar-refractivity contribution in [1.29, 1.82) is 0 Å². The van der Waals surface area contributed by atoms with Crippen LogP contribution < -0.4 is 0 Å². The van der Waals surface area contributed by atoms with Gasteiger partial charge in [0.05, 0.1) is 6.10 Å². The molecular formula is C18H28O5. The summed E-state index contributed by atoms with van der Waals surface area (Å²) in [6, 6.07) is 0. The van der Waals surface area contributed by atoms with Gasteiger partial charge in [0.1, 0.15) is 19.5 Å². The first-order valence-electron chi connectivity index (χ1n) is 7.89. The van der Waals surface area contributed by atoms with Gasteiger partial charge in [-0.05, 0) is 25.3 Å². The Morgan fingerprint density at radius 1 is 1.26 bits per heavy atom. The Labute approximate surface area is 138 Å². The lowest BCUT2D eigenvalue weighted by atomic mass is 9.96. The quantitative estimate of drug-likeness (QED) is 0.452. The van der Waals surface area contributed by atoms with E-state index in [1.54, 1.807) is 14.2 Å². The molecule has 0 spiro atoms. The molecule has 1 unspecified atom stereocenters. The van der Waals surface area contributed by atoms with E-state index in [2.05, 4.69) is 6.92 Å². The van der Waals surface area contributed by atoms with E-state index >= 15 is 0 Å². The van der Waals surface area contributed by atoms with Crippen LogP contribution in [0.15, 0.2) is 36.0 Å². The minimum atomic E-state index is -0.312. The Morgan fingerprint density at radius 2 is 2.00 bits per heavy atom. The standard InChI is InChI=1S/C18H28O5/c1-14-11-15(2)18(23-13-20-3)16(21-4)9-7-5-6-8-10-17(19)22-12-14/h7-11,15-16,18H,5-6,12-13H2,1-4H3/t15?,16-,18-/m0/s1. The molecule has 1 aliphatic rings. The second kappa shape index (κ2) is 11.2. The number of allylic oxidation sites excluding steroid dienone is 2. The van der Waals surface area contributed by atoms with Crippen molar-refractivity contribution in [2.75, 3.05) is 27.6 Å². The van der Waals surface area contributed by atoms with Crippen LogP contribution in [0.4, 0.5) is 0 Å². The summed E-state index contributed by atoms with van der Waals surface area (Å²) in [4.78, 5) is 11.6. The van der Waals surface area contributed by atoms with Crippen LogP contribution in [-0.4, -0.2) is 45.8 Å². The average molecular weight is 324 g/mol. The predicted octanol–water partition coefficient (Wildman–Crippen LogP) is 3.02. The van der Waals surface area contributed by atoms with Gasteiger partial charge in [0.15, 0.2) is 0 Å². The number of rotatable bonds is 4. The number of hydrogen-bond acceptors (Lipinski definition) is 5. The molecule has 0 aliphatic carbocycles. The summed E-state index contributed by atoms with van der Waals surface area (Å²) < 4.78 is 21.6. The molecule has 0 saturated carbocycles. The molecule has 5 nitrogen and oxygen atoms in total. The lowest BCUT2D eigenvalue weighted by molar-refractivity contribution is -0.136. The molecule has 1 aliphatic heterocycles. The highest BCUT2D eigenvalue weighted by atomic mass is 16.7. The van der Waals surface area contributed by atoms with E-state index in [9.17, 15) is 4.79 Å². The highest BCUT2D eigenvalue weighted by Gasteiger charge is 2.25. The average Bonchev–Trinajstić information content (AvgIpc) is 2.53. The topological polar surface area (TPSA) is 54.0 Å². The van der Waals surface area contributed by atoms with Gasteiger partial charge < -0.3 is 18.9 Å². The predicted molar refractivity (Wildman–Crippen MR) is 88.9 cm³/mol. The van der Waals surface area contributed by atoms with Gasteiger partial charge in [0.25, 0.3) is 0 Å². The zero-order valence-electron chi connectivity index (χ0n) is 14.5. The third-order valence-electron chi connectivity index (χ3n) is 3.56. The molecular weight excluding hydrogens is 296 g/mol. The second-order valence-corrected chi connectivity index (χ2v) is 5.63. The Bertz CT molecular complexity index is 439. The van der Waals surface area contributed by atoms with E-state index in [1.807, 2.05) is 31.2 Å². The Hall–Kier alpha value is -1.43. The van der Waals surface area contributed by atoms with E-state index in [1.165, 1.54) is 6.08 Å². The van der Waals surface area contributed by atoms with Crippen molar-refractivity contribution in [3.05, 3.63) is 36.0 Å². The van der Waals surface area contributed by atoms with Crippen LogP contribution in [-0.2, 0) is 23.7 Å². The normalized spacial score (nSPS) is 27.2. The number of esters is 1. The van der Waals surface area contributed by atoms with Crippen LogP contribution in [0.3, 0.4) is 0 Å². The monoisotopic (exact) mass is 324 g/mol. The maximum atomic E-state index is 11.6. The van der Waals surface area contributed by atoms with E-state index in [0.29, 0.717) is 0 Å². The first-order chi connectivity index (χ1) is 11.1. The molecule has 0 aromatic rings. The zero-order valence-corrected chi connectivity index (χ0v) is 14.5. The second-order valence-electron chi connectivity index (χ2n) is 5.63. The molecule has 23 heavy (non-hydrogen) atoms. The zero-order chi connectivity index (χ0) is 17.1. The molecule has 0 radical (unpaired) electrons. The molecule has 130 valence electrons. The molecule has 1 rings (SSSR count). The van der Waals surface area contributed by atoms with Crippen LogP contribution in [0.25, 0.3) is 0 Å². The first kappa shape index (κ1) is 19.6. The van der Waals surface area contributed by atoms with Gasteiger partial charge in [-0.3, -0.25) is 0 Å². The maximum Gasteiger partial charge on any atom is 0.330 e. The minimum absolute atomic E-state index is 0.0805. The van der Waals surface area contributed by atoms with Gasteiger partial charge in [-0.15, -0.1) is 0 Å². The van der Waals surface area contributed by atoms with Crippen LogP contribution in [0.2, 0.25) is 0 Å². The SMILES string of the molecule is COCO[C@H]1C(C)C=C(C)COC(=O)C=CCCC=C[C@@H]1OC. The van der Waals surface area contributed by atoms with Crippen molar-refractivity contribution in [2.24, 2.45) is 5.92 Å². The number of methoxy groups -OCH3 is 2. The fourth-order valence-electron chi connectivity index (χ4n) is 2.44. The van der Waals surface area contributed by atoms with Gasteiger partial charge in [0.2, 0.25) is 0 Å². The summed E-state index contributed by atoms with van der Waals surface area (Å²) in [5.74, 6) is -0.231. The summed E-state index contributed by atoms with van der Waals surface area (Å²) in [6.45, 7) is 4.47. The third-order valence-corrected chi connectivity index (χ3v) is 3.56. The minimum Gasteiger partial charge on any atom is -0.458 e. The van der Waals surface area contributed by atoms with Crippen molar-refractivity contribution < 1.29 is 23.7 Å². The van der Waals surface area contributed by atoms with Crippen LogP contribution in [0, 0.1) is 5.92 Å². The van der Waals surface area contributed by atoms with Crippen molar-refractivity contribution in [1.82, 2.24) is 0 Å². The maximum absolute atomic E-state index is 11.6. The molecule has 0 saturated heterocycles. The van der Waals surface area contributed by atoms with E-state index in [0.717, 1.165) is 18.4 Å². The lowest BCUT2D eigenvalue weighted by Gasteiger charge is -2.28. The summed E-state index contributed by atoms with van der Waals surface area (Å²) in [7, 11) is 3.27. The Balaban J connectivity index is 2.96. The summed E-state index contributed by atoms with van der Waals surface area (Å²) in [5.41, 5.74) is 0.973. The van der Waals surface area contributed by atoms with Gasteiger partial charge >= 0.3 is 5.97 Å².